The lowest BCUT2D eigenvalue weighted by molar-refractivity contribution is -0.112. The van der Waals surface area contributed by atoms with E-state index in [0.717, 1.165) is 0 Å². The highest BCUT2D eigenvalue weighted by Gasteiger charge is 2.16. The monoisotopic (exact) mass is 422 g/mol. The van der Waals surface area contributed by atoms with E-state index in [0.29, 0.717) is 11.3 Å². The van der Waals surface area contributed by atoms with E-state index in [1.54, 1.807) is 24.3 Å². The molecule has 0 atom stereocenters. The summed E-state index contributed by atoms with van der Waals surface area (Å²) in [5.74, 6) is -1.01. The Bertz CT molecular complexity index is 1210. The number of nitriles is 1. The number of rotatable bonds is 6. The molecule has 0 aromatic heterocycles. The molecule has 1 N–H and O–H groups in total. The third-order valence-electron chi connectivity index (χ3n) is 3.90. The Morgan fingerprint density at radius 2 is 1.60 bits per heavy atom. The van der Waals surface area contributed by atoms with Crippen LogP contribution >= 0.6 is 0 Å². The second-order valence-electron chi connectivity index (χ2n) is 6.05. The van der Waals surface area contributed by atoms with Gasteiger partial charge in [-0.15, -0.1) is 0 Å². The predicted octanol–water partition coefficient (Wildman–Crippen LogP) is 4.14. The Kier molecular flexibility index (Phi) is 6.25. The second kappa shape index (κ2) is 9.03. The summed E-state index contributed by atoms with van der Waals surface area (Å²) < 4.78 is 42.5. The van der Waals surface area contributed by atoms with Crippen LogP contribution in [0.25, 0.3) is 6.08 Å². The van der Waals surface area contributed by atoms with Gasteiger partial charge in [0.05, 0.1) is 0 Å². The average Bonchev–Trinajstić information content (AvgIpc) is 2.75. The maximum absolute atomic E-state index is 12.9. The minimum absolute atomic E-state index is 0.0261. The molecule has 30 heavy (non-hydrogen) atoms. The van der Waals surface area contributed by atoms with Gasteiger partial charge in [0, 0.05) is 5.69 Å². The van der Waals surface area contributed by atoms with E-state index in [2.05, 4.69) is 5.32 Å². The van der Waals surface area contributed by atoms with E-state index in [-0.39, 0.29) is 16.2 Å². The fourth-order valence-electron chi connectivity index (χ4n) is 2.43. The molecular formula is C22H15FN2O4S. The first kappa shape index (κ1) is 20.8. The third-order valence-corrected chi connectivity index (χ3v) is 5.16. The molecule has 0 spiro atoms. The van der Waals surface area contributed by atoms with E-state index in [9.17, 15) is 22.9 Å². The van der Waals surface area contributed by atoms with Crippen molar-refractivity contribution < 1.29 is 21.8 Å². The Morgan fingerprint density at radius 1 is 0.967 bits per heavy atom. The zero-order chi connectivity index (χ0) is 21.6. The van der Waals surface area contributed by atoms with Crippen molar-refractivity contribution in [3.8, 4) is 11.8 Å². The van der Waals surface area contributed by atoms with Gasteiger partial charge in [-0.05, 0) is 60.2 Å². The molecule has 1 amide bonds. The molecule has 0 aliphatic carbocycles. The van der Waals surface area contributed by atoms with Gasteiger partial charge in [0.2, 0.25) is 0 Å². The number of anilines is 1. The topological polar surface area (TPSA) is 96.3 Å². The number of hydrogen-bond acceptors (Lipinski definition) is 5. The predicted molar refractivity (Wildman–Crippen MR) is 109 cm³/mol. The number of benzene rings is 3. The Morgan fingerprint density at radius 3 is 2.20 bits per heavy atom. The van der Waals surface area contributed by atoms with Gasteiger partial charge in [-0.3, -0.25) is 4.79 Å². The van der Waals surface area contributed by atoms with Crippen LogP contribution in [-0.2, 0) is 14.9 Å². The Labute approximate surface area is 173 Å². The summed E-state index contributed by atoms with van der Waals surface area (Å²) in [6.07, 6.45) is 1.34. The molecule has 150 valence electrons. The number of amides is 1. The summed E-state index contributed by atoms with van der Waals surface area (Å²) in [5.41, 5.74) is 0.660. The summed E-state index contributed by atoms with van der Waals surface area (Å²) >= 11 is 0. The first-order valence-electron chi connectivity index (χ1n) is 8.66. The lowest BCUT2D eigenvalue weighted by Crippen LogP contribution is -2.13. The van der Waals surface area contributed by atoms with E-state index >= 15 is 0 Å². The number of hydrogen-bond donors (Lipinski definition) is 1. The molecule has 0 unspecified atom stereocenters. The van der Waals surface area contributed by atoms with Crippen molar-refractivity contribution in [2.24, 2.45) is 0 Å². The van der Waals surface area contributed by atoms with Crippen LogP contribution in [0.1, 0.15) is 5.56 Å². The highest BCUT2D eigenvalue weighted by atomic mass is 32.2. The number of halogens is 1. The van der Waals surface area contributed by atoms with Gasteiger partial charge in [0.1, 0.15) is 28.1 Å². The minimum atomic E-state index is -3.96. The molecule has 0 saturated carbocycles. The lowest BCUT2D eigenvalue weighted by atomic mass is 10.1. The molecule has 0 fully saturated rings. The van der Waals surface area contributed by atoms with Crippen molar-refractivity contribution in [1.29, 1.82) is 5.26 Å². The molecule has 0 bridgehead atoms. The van der Waals surface area contributed by atoms with Gasteiger partial charge >= 0.3 is 10.1 Å². The molecule has 6 nitrogen and oxygen atoms in total. The molecule has 3 aromatic rings. The van der Waals surface area contributed by atoms with Crippen LogP contribution in [0.2, 0.25) is 0 Å². The summed E-state index contributed by atoms with van der Waals surface area (Å²) in [5, 5.41) is 11.8. The maximum atomic E-state index is 12.9. The van der Waals surface area contributed by atoms with Gasteiger partial charge < -0.3 is 9.50 Å². The average molecular weight is 422 g/mol. The summed E-state index contributed by atoms with van der Waals surface area (Å²) in [6, 6.07) is 20.5. The van der Waals surface area contributed by atoms with Crippen molar-refractivity contribution in [2.75, 3.05) is 5.32 Å². The standard InChI is InChI=1S/C22H15FN2O4S/c23-18-8-10-19(11-9-18)25-22(26)17(15-24)14-16-6-12-20(13-7-16)29-30(27,28)21-4-2-1-3-5-21/h1-14H,(H,25,26)/b17-14+. The van der Waals surface area contributed by atoms with Crippen LogP contribution in [0.5, 0.6) is 5.75 Å². The molecule has 0 aliphatic rings. The normalized spacial score (nSPS) is 11.4. The van der Waals surface area contributed by atoms with Crippen LogP contribution in [0.15, 0.2) is 89.3 Å². The molecule has 3 aromatic carbocycles. The van der Waals surface area contributed by atoms with Crippen LogP contribution < -0.4 is 9.50 Å². The van der Waals surface area contributed by atoms with Crippen molar-refractivity contribution in [2.45, 2.75) is 4.90 Å². The highest BCUT2D eigenvalue weighted by Crippen LogP contribution is 2.20. The van der Waals surface area contributed by atoms with Gasteiger partial charge in [0.25, 0.3) is 5.91 Å². The van der Waals surface area contributed by atoms with Crippen LogP contribution in [0, 0.1) is 17.1 Å². The van der Waals surface area contributed by atoms with Gasteiger partial charge in [-0.1, -0.05) is 30.3 Å². The third kappa shape index (κ3) is 5.31. The quantitative estimate of drug-likeness (QED) is 0.366. The lowest BCUT2D eigenvalue weighted by Gasteiger charge is -2.07. The molecule has 0 radical (unpaired) electrons. The molecular weight excluding hydrogens is 407 g/mol. The molecule has 0 heterocycles. The van der Waals surface area contributed by atoms with Crippen molar-refractivity contribution >= 4 is 27.8 Å². The SMILES string of the molecule is N#C/C(=C\c1ccc(OS(=O)(=O)c2ccccc2)cc1)C(=O)Nc1ccc(F)cc1. The Balaban J connectivity index is 1.73. The van der Waals surface area contributed by atoms with Crippen LogP contribution in [-0.4, -0.2) is 14.3 Å². The number of carbonyl (C=O) groups is 1. The van der Waals surface area contributed by atoms with Crippen LogP contribution in [0.3, 0.4) is 0 Å². The molecule has 8 heteroatoms. The number of nitrogens with one attached hydrogen (secondary N) is 1. The van der Waals surface area contributed by atoms with Gasteiger partial charge in [-0.2, -0.15) is 13.7 Å². The van der Waals surface area contributed by atoms with Gasteiger partial charge in [-0.25, -0.2) is 4.39 Å². The fraction of sp³-hybridized carbons (Fsp3) is 0. The summed E-state index contributed by atoms with van der Waals surface area (Å²) in [4.78, 5) is 12.3. The Hall–Kier alpha value is -3.96. The zero-order valence-electron chi connectivity index (χ0n) is 15.4. The van der Waals surface area contributed by atoms with Crippen LogP contribution in [0.4, 0.5) is 10.1 Å². The van der Waals surface area contributed by atoms with E-state index in [1.165, 1.54) is 66.7 Å². The van der Waals surface area contributed by atoms with E-state index < -0.39 is 21.8 Å². The highest BCUT2D eigenvalue weighted by molar-refractivity contribution is 7.87. The van der Waals surface area contributed by atoms with Crippen molar-refractivity contribution in [1.82, 2.24) is 0 Å². The number of nitrogens with zero attached hydrogens (tertiary/aromatic N) is 1. The minimum Gasteiger partial charge on any atom is -0.379 e. The first-order chi connectivity index (χ1) is 14.4. The number of carbonyl (C=O) groups excluding carboxylic acids is 1. The van der Waals surface area contributed by atoms with E-state index in [4.69, 9.17) is 4.18 Å². The molecule has 0 saturated heterocycles. The van der Waals surface area contributed by atoms with E-state index in [1.807, 2.05) is 0 Å². The summed E-state index contributed by atoms with van der Waals surface area (Å²) in [6.45, 7) is 0. The summed E-state index contributed by atoms with van der Waals surface area (Å²) in [7, 11) is -3.96. The second-order valence-corrected chi connectivity index (χ2v) is 7.60. The maximum Gasteiger partial charge on any atom is 0.339 e. The van der Waals surface area contributed by atoms with Crippen molar-refractivity contribution in [3.63, 3.8) is 0 Å². The largest absolute Gasteiger partial charge is 0.379 e. The van der Waals surface area contributed by atoms with Gasteiger partial charge in [0.15, 0.2) is 0 Å². The fourth-order valence-corrected chi connectivity index (χ4v) is 3.38. The molecule has 0 aliphatic heterocycles. The smallest absolute Gasteiger partial charge is 0.339 e. The molecule has 3 rings (SSSR count). The first-order valence-corrected chi connectivity index (χ1v) is 10.1. The zero-order valence-corrected chi connectivity index (χ0v) is 16.3. The van der Waals surface area contributed by atoms with Crippen molar-refractivity contribution in [3.05, 3.63) is 95.8 Å².